The van der Waals surface area contributed by atoms with Gasteiger partial charge in [0.25, 0.3) is 0 Å². The molecule has 1 atom stereocenters. The van der Waals surface area contributed by atoms with Gasteiger partial charge in [0.1, 0.15) is 0 Å². The topological polar surface area (TPSA) is 29.0 Å². The third-order valence-corrected chi connectivity index (χ3v) is 4.34. The average molecular weight is 275 g/mol. The molecule has 3 aromatic rings. The van der Waals surface area contributed by atoms with Gasteiger partial charge in [-0.05, 0) is 29.8 Å². The lowest BCUT2D eigenvalue weighted by Gasteiger charge is -2.32. The van der Waals surface area contributed by atoms with Crippen LogP contribution >= 0.6 is 0 Å². The third kappa shape index (κ3) is 2.20. The van der Waals surface area contributed by atoms with E-state index in [-0.39, 0.29) is 0 Å². The van der Waals surface area contributed by atoms with Crippen LogP contribution in [0.5, 0.6) is 0 Å². The number of benzene rings is 2. The van der Waals surface area contributed by atoms with Crippen LogP contribution in [-0.2, 0) is 6.54 Å². The predicted octanol–water partition coefficient (Wildman–Crippen LogP) is 3.21. The molecule has 104 valence electrons. The SMILES string of the molecule is CN1Cc2ccccc2[C@H](c2ccc3cnncc3c2)C1. The molecule has 0 bridgehead atoms. The maximum absolute atomic E-state index is 4.00. The molecule has 3 heteroatoms. The fourth-order valence-electron chi connectivity index (χ4n) is 3.30. The van der Waals surface area contributed by atoms with E-state index in [4.69, 9.17) is 0 Å². The monoisotopic (exact) mass is 275 g/mol. The van der Waals surface area contributed by atoms with Gasteiger partial charge in [-0.15, -0.1) is 0 Å². The molecule has 0 spiro atoms. The highest BCUT2D eigenvalue weighted by molar-refractivity contribution is 5.81. The first-order valence-electron chi connectivity index (χ1n) is 7.28. The van der Waals surface area contributed by atoms with Crippen molar-refractivity contribution in [2.45, 2.75) is 12.5 Å². The van der Waals surface area contributed by atoms with Gasteiger partial charge >= 0.3 is 0 Å². The van der Waals surface area contributed by atoms with E-state index in [1.807, 2.05) is 12.4 Å². The summed E-state index contributed by atoms with van der Waals surface area (Å²) in [6.07, 6.45) is 3.66. The standard InChI is InChI=1S/C18H17N3/c1-21-11-15-4-2-3-5-17(15)18(12-21)13-6-7-14-9-19-20-10-16(14)8-13/h2-10,18H,11-12H2,1H3/t18-/m0/s1. The van der Waals surface area contributed by atoms with Gasteiger partial charge in [0.15, 0.2) is 0 Å². The molecule has 0 radical (unpaired) electrons. The first kappa shape index (κ1) is 12.5. The summed E-state index contributed by atoms with van der Waals surface area (Å²) in [4.78, 5) is 2.39. The van der Waals surface area contributed by atoms with E-state index >= 15 is 0 Å². The second kappa shape index (κ2) is 4.93. The molecule has 0 amide bonds. The number of rotatable bonds is 1. The van der Waals surface area contributed by atoms with Crippen LogP contribution in [0.2, 0.25) is 0 Å². The number of hydrogen-bond donors (Lipinski definition) is 0. The van der Waals surface area contributed by atoms with Crippen LogP contribution in [0, 0.1) is 0 Å². The average Bonchev–Trinajstić information content (AvgIpc) is 2.53. The predicted molar refractivity (Wildman–Crippen MR) is 84.2 cm³/mol. The van der Waals surface area contributed by atoms with Crippen molar-refractivity contribution in [2.75, 3.05) is 13.6 Å². The smallest absolute Gasteiger partial charge is 0.0574 e. The Bertz CT molecular complexity index is 797. The van der Waals surface area contributed by atoms with Crippen molar-refractivity contribution in [2.24, 2.45) is 0 Å². The Balaban J connectivity index is 1.84. The quantitative estimate of drug-likeness (QED) is 0.683. The van der Waals surface area contributed by atoms with Gasteiger partial charge in [-0.1, -0.05) is 36.4 Å². The largest absolute Gasteiger partial charge is 0.301 e. The lowest BCUT2D eigenvalue weighted by Crippen LogP contribution is -2.30. The van der Waals surface area contributed by atoms with E-state index in [0.717, 1.165) is 23.9 Å². The molecule has 1 aromatic heterocycles. The Labute approximate surface area is 124 Å². The molecular formula is C18H17N3. The molecular weight excluding hydrogens is 258 g/mol. The van der Waals surface area contributed by atoms with Crippen molar-refractivity contribution < 1.29 is 0 Å². The Kier molecular flexibility index (Phi) is 2.93. The molecule has 21 heavy (non-hydrogen) atoms. The van der Waals surface area contributed by atoms with Crippen LogP contribution in [0.15, 0.2) is 54.9 Å². The van der Waals surface area contributed by atoms with Crippen LogP contribution in [-0.4, -0.2) is 28.7 Å². The van der Waals surface area contributed by atoms with Crippen molar-refractivity contribution in [1.29, 1.82) is 0 Å². The third-order valence-electron chi connectivity index (χ3n) is 4.34. The summed E-state index contributed by atoms with van der Waals surface area (Å²) >= 11 is 0. The number of likely N-dealkylation sites (N-methyl/N-ethyl adjacent to an activating group) is 1. The van der Waals surface area contributed by atoms with Gasteiger partial charge in [0.2, 0.25) is 0 Å². The summed E-state index contributed by atoms with van der Waals surface area (Å²) in [5.41, 5.74) is 4.25. The first-order chi connectivity index (χ1) is 10.3. The molecule has 0 N–H and O–H groups in total. The minimum absolute atomic E-state index is 0.428. The highest BCUT2D eigenvalue weighted by Gasteiger charge is 2.24. The molecule has 1 aliphatic rings. The zero-order valence-electron chi connectivity index (χ0n) is 12.0. The van der Waals surface area contributed by atoms with Crippen molar-refractivity contribution in [3.8, 4) is 0 Å². The lowest BCUT2D eigenvalue weighted by molar-refractivity contribution is 0.295. The fourth-order valence-corrected chi connectivity index (χ4v) is 3.30. The van der Waals surface area contributed by atoms with Crippen molar-refractivity contribution in [3.05, 3.63) is 71.5 Å². The molecule has 0 unspecified atom stereocenters. The van der Waals surface area contributed by atoms with E-state index in [1.54, 1.807) is 0 Å². The van der Waals surface area contributed by atoms with E-state index < -0.39 is 0 Å². The van der Waals surface area contributed by atoms with Crippen LogP contribution in [0.1, 0.15) is 22.6 Å². The summed E-state index contributed by atoms with van der Waals surface area (Å²) < 4.78 is 0. The number of hydrogen-bond acceptors (Lipinski definition) is 3. The van der Waals surface area contributed by atoms with Crippen LogP contribution in [0.3, 0.4) is 0 Å². The molecule has 0 saturated heterocycles. The minimum atomic E-state index is 0.428. The summed E-state index contributed by atoms with van der Waals surface area (Å²) in [6.45, 7) is 2.09. The fraction of sp³-hybridized carbons (Fsp3) is 0.222. The van der Waals surface area contributed by atoms with Gasteiger partial charge in [-0.25, -0.2) is 0 Å². The highest BCUT2D eigenvalue weighted by Crippen LogP contribution is 2.33. The second-order valence-electron chi connectivity index (χ2n) is 5.83. The van der Waals surface area contributed by atoms with Crippen molar-refractivity contribution >= 4 is 10.8 Å². The summed E-state index contributed by atoms with van der Waals surface area (Å²) in [6, 6.07) is 15.4. The number of aromatic nitrogens is 2. The highest BCUT2D eigenvalue weighted by atomic mass is 15.1. The van der Waals surface area contributed by atoms with Gasteiger partial charge in [-0.2, -0.15) is 10.2 Å². The van der Waals surface area contributed by atoms with E-state index in [0.29, 0.717) is 5.92 Å². The van der Waals surface area contributed by atoms with E-state index in [9.17, 15) is 0 Å². The van der Waals surface area contributed by atoms with E-state index in [1.165, 1.54) is 16.7 Å². The Hall–Kier alpha value is -2.26. The molecule has 0 aliphatic carbocycles. The van der Waals surface area contributed by atoms with E-state index in [2.05, 4.69) is 64.6 Å². The van der Waals surface area contributed by atoms with Crippen molar-refractivity contribution in [1.82, 2.24) is 15.1 Å². The normalized spacial score (nSPS) is 18.6. The lowest BCUT2D eigenvalue weighted by atomic mass is 9.84. The Morgan fingerprint density at radius 2 is 1.81 bits per heavy atom. The number of fused-ring (bicyclic) bond motifs is 2. The molecule has 3 nitrogen and oxygen atoms in total. The van der Waals surface area contributed by atoms with Gasteiger partial charge < -0.3 is 4.90 Å². The van der Waals surface area contributed by atoms with Crippen LogP contribution in [0.4, 0.5) is 0 Å². The Morgan fingerprint density at radius 3 is 2.71 bits per heavy atom. The maximum atomic E-state index is 4.00. The molecule has 1 aliphatic heterocycles. The van der Waals surface area contributed by atoms with Crippen LogP contribution in [0.25, 0.3) is 10.8 Å². The van der Waals surface area contributed by atoms with Gasteiger partial charge in [-0.3, -0.25) is 0 Å². The second-order valence-corrected chi connectivity index (χ2v) is 5.83. The molecule has 0 saturated carbocycles. The summed E-state index contributed by atoms with van der Waals surface area (Å²) in [5, 5.41) is 10.2. The summed E-state index contributed by atoms with van der Waals surface area (Å²) in [7, 11) is 2.19. The van der Waals surface area contributed by atoms with Crippen molar-refractivity contribution in [3.63, 3.8) is 0 Å². The van der Waals surface area contributed by atoms with Gasteiger partial charge in [0.05, 0.1) is 12.4 Å². The van der Waals surface area contributed by atoms with Gasteiger partial charge in [0, 0.05) is 29.8 Å². The first-order valence-corrected chi connectivity index (χ1v) is 7.28. The van der Waals surface area contributed by atoms with Crippen LogP contribution < -0.4 is 0 Å². The molecule has 0 fully saturated rings. The zero-order chi connectivity index (χ0) is 14.2. The summed E-state index contributed by atoms with van der Waals surface area (Å²) in [5.74, 6) is 0.428. The Morgan fingerprint density at radius 1 is 1.00 bits per heavy atom. The molecule has 4 rings (SSSR count). The molecule has 2 heterocycles. The number of nitrogens with zero attached hydrogens (tertiary/aromatic N) is 3. The maximum Gasteiger partial charge on any atom is 0.0574 e. The molecule has 2 aromatic carbocycles. The zero-order valence-corrected chi connectivity index (χ0v) is 12.0. The minimum Gasteiger partial charge on any atom is -0.301 e.